The largest absolute Gasteiger partial charge is 0.355 e. The highest BCUT2D eigenvalue weighted by Crippen LogP contribution is 2.31. The van der Waals surface area contributed by atoms with Crippen LogP contribution in [-0.2, 0) is 24.1 Å². The van der Waals surface area contributed by atoms with Crippen molar-refractivity contribution in [2.75, 3.05) is 13.2 Å². The fourth-order valence-electron chi connectivity index (χ4n) is 3.88. The Bertz CT molecular complexity index is 694. The van der Waals surface area contributed by atoms with E-state index in [1.165, 1.54) is 9.96 Å². The monoisotopic (exact) mass is 407 g/mol. The average molecular weight is 407 g/mol. The molecule has 0 N–H and O–H groups in total. The van der Waals surface area contributed by atoms with Crippen molar-refractivity contribution in [3.8, 4) is 0 Å². The zero-order chi connectivity index (χ0) is 21.0. The number of carbonyl (C=O) groups is 4. The molecule has 160 valence electrons. The lowest BCUT2D eigenvalue weighted by molar-refractivity contribution is -0.201. The predicted octanol–water partition coefficient (Wildman–Crippen LogP) is 2.18. The summed E-state index contributed by atoms with van der Waals surface area (Å²) in [5.74, 6) is -2.29. The first-order valence-electron chi connectivity index (χ1n) is 10.4. The Hall–Kier alpha value is -2.42. The Morgan fingerprint density at radius 2 is 1.97 bits per heavy atom. The molecule has 4 amide bonds. The zero-order valence-electron chi connectivity index (χ0n) is 17.0. The van der Waals surface area contributed by atoms with Gasteiger partial charge in [0.15, 0.2) is 0 Å². The molecule has 3 fully saturated rings. The summed E-state index contributed by atoms with van der Waals surface area (Å²) in [7, 11) is 0. The quantitative estimate of drug-likeness (QED) is 0.330. The number of imide groups is 1. The van der Waals surface area contributed by atoms with E-state index in [1.807, 2.05) is 26.0 Å². The lowest BCUT2D eigenvalue weighted by Gasteiger charge is -2.29. The first-order valence-corrected chi connectivity index (χ1v) is 10.4. The maximum atomic E-state index is 12.7. The van der Waals surface area contributed by atoms with E-state index in [2.05, 4.69) is 0 Å². The van der Waals surface area contributed by atoms with Gasteiger partial charge in [0.1, 0.15) is 6.04 Å². The molecular weight excluding hydrogens is 378 g/mol. The second kappa shape index (κ2) is 9.39. The number of piperidine rings is 1. The Balaban J connectivity index is 1.59. The fourth-order valence-corrected chi connectivity index (χ4v) is 3.88. The maximum absolute atomic E-state index is 12.7. The van der Waals surface area contributed by atoms with E-state index in [1.54, 1.807) is 0 Å². The first kappa shape index (κ1) is 21.3. The summed E-state index contributed by atoms with van der Waals surface area (Å²) in [5, 5.41) is 1.93. The minimum absolute atomic E-state index is 0.0224. The second-order valence-corrected chi connectivity index (χ2v) is 7.65. The third kappa shape index (κ3) is 4.44. The van der Waals surface area contributed by atoms with Gasteiger partial charge in [0, 0.05) is 13.0 Å². The molecule has 9 nitrogen and oxygen atoms in total. The van der Waals surface area contributed by atoms with Crippen LogP contribution in [0.2, 0.25) is 0 Å². The van der Waals surface area contributed by atoms with Crippen LogP contribution in [-0.4, -0.2) is 64.1 Å². The Kier molecular flexibility index (Phi) is 6.89. The van der Waals surface area contributed by atoms with Crippen molar-refractivity contribution in [2.45, 2.75) is 70.9 Å². The van der Waals surface area contributed by atoms with Gasteiger partial charge in [-0.1, -0.05) is 32.4 Å². The van der Waals surface area contributed by atoms with Crippen LogP contribution in [0.15, 0.2) is 12.2 Å². The Morgan fingerprint density at radius 1 is 1.17 bits per heavy atom. The molecule has 0 saturated carbocycles. The molecule has 3 aliphatic heterocycles. The van der Waals surface area contributed by atoms with Gasteiger partial charge in [-0.15, -0.1) is 5.06 Å². The first-order chi connectivity index (χ1) is 14.0. The fraction of sp³-hybridized carbons (Fsp3) is 0.700. The van der Waals surface area contributed by atoms with Crippen LogP contribution < -0.4 is 0 Å². The molecule has 0 aromatic rings. The van der Waals surface area contributed by atoms with Crippen LogP contribution in [0.1, 0.15) is 58.8 Å². The third-order valence-electron chi connectivity index (χ3n) is 5.52. The Labute approximate surface area is 170 Å². The highest BCUT2D eigenvalue weighted by molar-refractivity contribution is 6.03. The van der Waals surface area contributed by atoms with E-state index in [9.17, 15) is 19.2 Å². The maximum Gasteiger partial charge on any atom is 0.355 e. The van der Waals surface area contributed by atoms with Gasteiger partial charge >= 0.3 is 12.0 Å². The standard InChI is InChI=1S/C20H29N3O6/c1-3-5-7-8-14-12-17(24)23(18(14)25)29-19(26)16-10-9-15-13-21(16)20(27)22(15)28-11-6-4-2/h5,7,14-16H,3-4,6,8-13H2,1-2H3/b7-5-/t14?,15-,16-/m0/s1. The SMILES string of the molecule is CC/C=C\CC1CC(=O)N(OC(=O)[C@@H]2CC[C@H]3CN2C(=O)N3OCCCC)C1=O. The summed E-state index contributed by atoms with van der Waals surface area (Å²) >= 11 is 0. The molecule has 0 radical (unpaired) electrons. The van der Waals surface area contributed by atoms with Crippen LogP contribution in [0.25, 0.3) is 0 Å². The van der Waals surface area contributed by atoms with Gasteiger partial charge in [-0.05, 0) is 32.1 Å². The molecule has 3 atom stereocenters. The second-order valence-electron chi connectivity index (χ2n) is 7.65. The molecule has 3 aliphatic rings. The number of hydrogen-bond donors (Lipinski definition) is 0. The van der Waals surface area contributed by atoms with Crippen LogP contribution in [0.5, 0.6) is 0 Å². The highest BCUT2D eigenvalue weighted by Gasteiger charge is 2.50. The third-order valence-corrected chi connectivity index (χ3v) is 5.52. The highest BCUT2D eigenvalue weighted by atomic mass is 16.7. The van der Waals surface area contributed by atoms with E-state index in [4.69, 9.17) is 9.68 Å². The molecule has 3 saturated heterocycles. The summed E-state index contributed by atoms with van der Waals surface area (Å²) in [5.41, 5.74) is 0. The summed E-state index contributed by atoms with van der Waals surface area (Å²) < 4.78 is 0. The van der Waals surface area contributed by atoms with Gasteiger partial charge in [-0.3, -0.25) is 14.4 Å². The van der Waals surface area contributed by atoms with Gasteiger partial charge in [-0.25, -0.2) is 9.59 Å². The van der Waals surface area contributed by atoms with Crippen LogP contribution >= 0.6 is 0 Å². The van der Waals surface area contributed by atoms with Gasteiger partial charge < -0.3 is 9.74 Å². The number of allylic oxidation sites excluding steroid dienone is 2. The minimum Gasteiger partial charge on any atom is -0.328 e. The topological polar surface area (TPSA) is 96.5 Å². The number of amides is 4. The molecule has 29 heavy (non-hydrogen) atoms. The van der Waals surface area contributed by atoms with E-state index in [0.717, 1.165) is 19.3 Å². The lowest BCUT2D eigenvalue weighted by atomic mass is 10.0. The lowest BCUT2D eigenvalue weighted by Crippen LogP contribution is -2.48. The number of rotatable bonds is 9. The zero-order valence-corrected chi connectivity index (χ0v) is 17.0. The molecule has 0 aromatic heterocycles. The molecule has 3 heterocycles. The van der Waals surface area contributed by atoms with E-state index < -0.39 is 29.7 Å². The summed E-state index contributed by atoms with van der Waals surface area (Å²) in [6.07, 6.45) is 7.90. The van der Waals surface area contributed by atoms with Crippen molar-refractivity contribution in [3.05, 3.63) is 12.2 Å². The van der Waals surface area contributed by atoms with Crippen molar-refractivity contribution >= 4 is 23.8 Å². The van der Waals surface area contributed by atoms with Crippen molar-refractivity contribution in [1.29, 1.82) is 0 Å². The molecule has 2 bridgehead atoms. The molecule has 3 rings (SSSR count). The van der Waals surface area contributed by atoms with Crippen LogP contribution in [0, 0.1) is 5.92 Å². The van der Waals surface area contributed by atoms with E-state index in [0.29, 0.717) is 37.5 Å². The summed E-state index contributed by atoms with van der Waals surface area (Å²) in [4.78, 5) is 62.1. The number of nitrogens with zero attached hydrogens (tertiary/aromatic N) is 3. The molecule has 0 aromatic carbocycles. The number of fused-ring (bicyclic) bond motifs is 2. The van der Waals surface area contributed by atoms with Gasteiger partial charge in [0.25, 0.3) is 11.8 Å². The molecule has 9 heteroatoms. The number of hydroxylamine groups is 4. The van der Waals surface area contributed by atoms with Gasteiger partial charge in [0.2, 0.25) is 0 Å². The number of carbonyl (C=O) groups excluding carboxylic acids is 4. The predicted molar refractivity (Wildman–Crippen MR) is 102 cm³/mol. The Morgan fingerprint density at radius 3 is 2.69 bits per heavy atom. The van der Waals surface area contributed by atoms with Crippen LogP contribution in [0.4, 0.5) is 4.79 Å². The molecular formula is C20H29N3O6. The number of unbranched alkanes of at least 4 members (excludes halogenated alkanes) is 1. The molecule has 0 aliphatic carbocycles. The van der Waals surface area contributed by atoms with E-state index >= 15 is 0 Å². The van der Waals surface area contributed by atoms with Crippen molar-refractivity contribution in [2.24, 2.45) is 5.92 Å². The van der Waals surface area contributed by atoms with E-state index in [-0.39, 0.29) is 18.5 Å². The van der Waals surface area contributed by atoms with Gasteiger partial charge in [-0.2, -0.15) is 5.06 Å². The number of urea groups is 1. The normalized spacial score (nSPS) is 26.9. The minimum atomic E-state index is -0.821. The molecule has 0 spiro atoms. The van der Waals surface area contributed by atoms with Crippen molar-refractivity contribution < 1.29 is 28.9 Å². The molecule has 1 unspecified atom stereocenters. The average Bonchev–Trinajstić information content (AvgIpc) is 3.11. The van der Waals surface area contributed by atoms with Gasteiger partial charge in [0.05, 0.1) is 18.6 Å². The number of hydrogen-bond acceptors (Lipinski definition) is 6. The van der Waals surface area contributed by atoms with Crippen LogP contribution in [0.3, 0.4) is 0 Å². The summed E-state index contributed by atoms with van der Waals surface area (Å²) in [6, 6.07) is -1.28. The summed E-state index contributed by atoms with van der Waals surface area (Å²) in [6.45, 7) is 4.84. The smallest absolute Gasteiger partial charge is 0.328 e. The van der Waals surface area contributed by atoms with Crippen molar-refractivity contribution in [1.82, 2.24) is 15.0 Å². The van der Waals surface area contributed by atoms with Crippen molar-refractivity contribution in [3.63, 3.8) is 0 Å².